The molecule has 7 heteroatoms. The van der Waals surface area contributed by atoms with Crippen molar-refractivity contribution in [3.05, 3.63) is 23.6 Å². The smallest absolute Gasteiger partial charge is 0.240 e. The maximum Gasteiger partial charge on any atom is 0.240 e. The number of ether oxygens (including phenoxy) is 2. The van der Waals surface area contributed by atoms with Gasteiger partial charge in [-0.2, -0.15) is 0 Å². The van der Waals surface area contributed by atoms with Crippen molar-refractivity contribution >= 4 is 22.4 Å². The molecule has 1 amide bonds. The molecule has 1 aromatic carbocycles. The molecule has 1 aliphatic heterocycles. The average molecular weight is 390 g/mol. The third-order valence-corrected chi connectivity index (χ3v) is 5.50. The number of nitrogens with zero attached hydrogens (tertiary/aromatic N) is 2. The highest BCUT2D eigenvalue weighted by atomic mass is 32.1. The number of carbonyl (C=O) groups is 1. The fourth-order valence-electron chi connectivity index (χ4n) is 3.75. The van der Waals surface area contributed by atoms with Gasteiger partial charge in [-0.05, 0) is 30.4 Å². The largest absolute Gasteiger partial charge is 0.497 e. The number of piperidine rings is 1. The van der Waals surface area contributed by atoms with E-state index >= 15 is 0 Å². The molecule has 3 rings (SSSR count). The first-order valence-corrected chi connectivity index (χ1v) is 10.1. The van der Waals surface area contributed by atoms with Gasteiger partial charge in [-0.1, -0.05) is 13.8 Å². The summed E-state index contributed by atoms with van der Waals surface area (Å²) in [6.07, 6.45) is 1.23. The molecule has 1 fully saturated rings. The monoisotopic (exact) mass is 389 g/mol. The van der Waals surface area contributed by atoms with Gasteiger partial charge >= 0.3 is 0 Å². The van der Waals surface area contributed by atoms with Crippen molar-refractivity contribution in [3.63, 3.8) is 0 Å². The van der Waals surface area contributed by atoms with Crippen LogP contribution in [0.15, 0.2) is 23.6 Å². The highest BCUT2D eigenvalue weighted by Crippen LogP contribution is 2.34. The molecule has 0 saturated carbocycles. The van der Waals surface area contributed by atoms with Crippen LogP contribution in [0.3, 0.4) is 0 Å². The van der Waals surface area contributed by atoms with Crippen molar-refractivity contribution in [2.24, 2.45) is 11.8 Å². The lowest BCUT2D eigenvalue weighted by Crippen LogP contribution is -2.42. The molecule has 6 nitrogen and oxygen atoms in total. The number of likely N-dealkylation sites (tertiary alicyclic amines) is 1. The Kier molecular flexibility index (Phi) is 6.34. The van der Waals surface area contributed by atoms with Crippen molar-refractivity contribution in [2.75, 3.05) is 39.2 Å². The number of nitrogens with one attached hydrogen (secondary N) is 1. The fourth-order valence-corrected chi connectivity index (χ4v) is 4.47. The van der Waals surface area contributed by atoms with Crippen LogP contribution in [0.5, 0.6) is 11.5 Å². The number of carbonyl (C=O) groups excluding carboxylic acids is 1. The van der Waals surface area contributed by atoms with Crippen LogP contribution in [0.4, 0.5) is 5.13 Å². The van der Waals surface area contributed by atoms with Gasteiger partial charge in [0.25, 0.3) is 0 Å². The minimum absolute atomic E-state index is 0.0149. The van der Waals surface area contributed by atoms with Crippen molar-refractivity contribution in [3.8, 4) is 22.8 Å². The van der Waals surface area contributed by atoms with E-state index in [0.717, 1.165) is 30.1 Å². The number of hydrogen-bond acceptors (Lipinski definition) is 6. The number of aromatic nitrogens is 1. The molecular formula is C20H27N3O3S. The van der Waals surface area contributed by atoms with Gasteiger partial charge in [0, 0.05) is 30.1 Å². The lowest BCUT2D eigenvalue weighted by Gasteiger charge is -2.34. The van der Waals surface area contributed by atoms with Crippen LogP contribution in [0.1, 0.15) is 20.3 Å². The van der Waals surface area contributed by atoms with E-state index in [4.69, 9.17) is 9.47 Å². The average Bonchev–Trinajstić information content (AvgIpc) is 3.08. The second-order valence-electron chi connectivity index (χ2n) is 7.29. The zero-order valence-electron chi connectivity index (χ0n) is 16.3. The summed E-state index contributed by atoms with van der Waals surface area (Å²) in [7, 11) is 3.24. The number of rotatable bonds is 6. The summed E-state index contributed by atoms with van der Waals surface area (Å²) >= 11 is 1.42. The van der Waals surface area contributed by atoms with Gasteiger partial charge in [0.15, 0.2) is 5.13 Å². The van der Waals surface area contributed by atoms with E-state index in [1.807, 2.05) is 23.6 Å². The SMILES string of the molecule is COc1ccc(-c2csc(NC(=O)CN3C[C@@H](C)C[C@H](C)C3)n2)c(OC)c1. The van der Waals surface area contributed by atoms with E-state index in [2.05, 4.69) is 29.0 Å². The highest BCUT2D eigenvalue weighted by molar-refractivity contribution is 7.14. The zero-order valence-corrected chi connectivity index (χ0v) is 17.1. The molecule has 146 valence electrons. The molecule has 0 bridgehead atoms. The molecule has 0 unspecified atom stereocenters. The molecule has 1 N–H and O–H groups in total. The summed E-state index contributed by atoms with van der Waals surface area (Å²) < 4.78 is 10.7. The Bertz CT molecular complexity index is 783. The van der Waals surface area contributed by atoms with Gasteiger partial charge in [0.1, 0.15) is 11.5 Å². The summed E-state index contributed by atoms with van der Waals surface area (Å²) in [5.74, 6) is 2.67. The zero-order chi connectivity index (χ0) is 19.4. The molecule has 27 heavy (non-hydrogen) atoms. The fraction of sp³-hybridized carbons (Fsp3) is 0.500. The lowest BCUT2D eigenvalue weighted by molar-refractivity contribution is -0.117. The highest BCUT2D eigenvalue weighted by Gasteiger charge is 2.23. The number of anilines is 1. The van der Waals surface area contributed by atoms with E-state index in [1.54, 1.807) is 14.2 Å². The van der Waals surface area contributed by atoms with Crippen LogP contribution in [-0.4, -0.2) is 49.6 Å². The summed E-state index contributed by atoms with van der Waals surface area (Å²) in [5, 5.41) is 5.45. The van der Waals surface area contributed by atoms with Crippen LogP contribution in [0.25, 0.3) is 11.3 Å². The normalized spacial score (nSPS) is 20.3. The van der Waals surface area contributed by atoms with Crippen molar-refractivity contribution in [1.29, 1.82) is 0 Å². The molecule has 1 saturated heterocycles. The van der Waals surface area contributed by atoms with Gasteiger partial charge < -0.3 is 14.8 Å². The van der Waals surface area contributed by atoms with Crippen LogP contribution >= 0.6 is 11.3 Å². The first kappa shape index (κ1) is 19.6. The molecule has 2 heterocycles. The van der Waals surface area contributed by atoms with E-state index in [9.17, 15) is 4.79 Å². The third-order valence-electron chi connectivity index (χ3n) is 4.75. The van der Waals surface area contributed by atoms with Gasteiger partial charge in [0.05, 0.1) is 26.5 Å². The molecule has 2 atom stereocenters. The number of hydrogen-bond donors (Lipinski definition) is 1. The molecule has 0 spiro atoms. The summed E-state index contributed by atoms with van der Waals surface area (Å²) in [6, 6.07) is 5.61. The van der Waals surface area contributed by atoms with E-state index in [-0.39, 0.29) is 5.91 Å². The Morgan fingerprint density at radius 1 is 1.26 bits per heavy atom. The number of thiazole rings is 1. The number of benzene rings is 1. The molecule has 2 aromatic rings. The van der Waals surface area contributed by atoms with Gasteiger partial charge in [-0.25, -0.2) is 4.98 Å². The maximum absolute atomic E-state index is 12.4. The standard InChI is InChI=1S/C20H27N3O3S/c1-13-7-14(2)10-23(9-13)11-19(24)22-20-21-17(12-27-20)16-6-5-15(25-3)8-18(16)26-4/h5-6,8,12-14H,7,9-11H2,1-4H3,(H,21,22,24)/t13-,14-/m0/s1. The van der Waals surface area contributed by atoms with Crippen molar-refractivity contribution < 1.29 is 14.3 Å². The van der Waals surface area contributed by atoms with Crippen LogP contribution in [-0.2, 0) is 4.79 Å². The molecule has 1 aromatic heterocycles. The van der Waals surface area contributed by atoms with E-state index < -0.39 is 0 Å². The lowest BCUT2D eigenvalue weighted by atomic mass is 9.92. The first-order chi connectivity index (χ1) is 13.0. The summed E-state index contributed by atoms with van der Waals surface area (Å²) in [4.78, 5) is 19.2. The Hall–Kier alpha value is -2.12. The van der Waals surface area contributed by atoms with Gasteiger partial charge in [-0.15, -0.1) is 11.3 Å². The third kappa shape index (κ3) is 4.99. The number of amides is 1. The molecule has 1 aliphatic rings. The number of methoxy groups -OCH3 is 2. The quantitative estimate of drug-likeness (QED) is 0.815. The van der Waals surface area contributed by atoms with Crippen molar-refractivity contribution in [1.82, 2.24) is 9.88 Å². The van der Waals surface area contributed by atoms with E-state index in [1.165, 1.54) is 17.8 Å². The second-order valence-corrected chi connectivity index (χ2v) is 8.15. The first-order valence-electron chi connectivity index (χ1n) is 9.18. The molecule has 0 radical (unpaired) electrons. The minimum atomic E-state index is -0.0149. The van der Waals surface area contributed by atoms with Gasteiger partial charge in [-0.3, -0.25) is 9.69 Å². The predicted octanol–water partition coefficient (Wildman–Crippen LogP) is 3.74. The van der Waals surface area contributed by atoms with Crippen molar-refractivity contribution in [2.45, 2.75) is 20.3 Å². The second kappa shape index (κ2) is 8.71. The van der Waals surface area contributed by atoms with Crippen LogP contribution in [0.2, 0.25) is 0 Å². The summed E-state index contributed by atoms with van der Waals surface area (Å²) in [5.41, 5.74) is 1.64. The topological polar surface area (TPSA) is 63.7 Å². The Morgan fingerprint density at radius 3 is 2.67 bits per heavy atom. The van der Waals surface area contributed by atoms with Gasteiger partial charge in [0.2, 0.25) is 5.91 Å². The van der Waals surface area contributed by atoms with Crippen LogP contribution in [0, 0.1) is 11.8 Å². The molecule has 0 aliphatic carbocycles. The van der Waals surface area contributed by atoms with E-state index in [0.29, 0.717) is 29.3 Å². The Balaban J connectivity index is 1.65. The van der Waals surface area contributed by atoms with Crippen LogP contribution < -0.4 is 14.8 Å². The maximum atomic E-state index is 12.4. The summed E-state index contributed by atoms with van der Waals surface area (Å²) in [6.45, 7) is 6.86. The molecular weight excluding hydrogens is 362 g/mol. The predicted molar refractivity (Wildman–Crippen MR) is 109 cm³/mol. The Labute approximate surface area is 164 Å². The Morgan fingerprint density at radius 2 is 2.00 bits per heavy atom. The minimum Gasteiger partial charge on any atom is -0.497 e.